The van der Waals surface area contributed by atoms with Crippen molar-refractivity contribution in [2.75, 3.05) is 26.2 Å². The molecular weight excluding hydrogens is 250 g/mol. The number of piperidine rings is 1. The second-order valence-corrected chi connectivity index (χ2v) is 6.11. The van der Waals surface area contributed by atoms with Crippen molar-refractivity contribution in [3.63, 3.8) is 0 Å². The van der Waals surface area contributed by atoms with Gasteiger partial charge in [-0.15, -0.1) is 0 Å². The lowest BCUT2D eigenvalue weighted by Crippen LogP contribution is -2.39. The Balaban J connectivity index is 1.86. The van der Waals surface area contributed by atoms with Gasteiger partial charge in [0.05, 0.1) is 6.10 Å². The minimum atomic E-state index is -0.394. The molecule has 0 radical (unpaired) electrons. The Hall–Kier alpha value is -0.900. The van der Waals surface area contributed by atoms with E-state index in [0.29, 0.717) is 12.5 Å². The molecule has 1 heterocycles. The molecule has 1 saturated heterocycles. The van der Waals surface area contributed by atoms with Crippen molar-refractivity contribution in [2.24, 2.45) is 11.8 Å². The van der Waals surface area contributed by atoms with Crippen LogP contribution in [0.15, 0.2) is 30.3 Å². The largest absolute Gasteiger partial charge is 0.396 e. The number of likely N-dealkylation sites (tertiary alicyclic amines) is 1. The van der Waals surface area contributed by atoms with E-state index in [1.54, 1.807) is 0 Å². The third kappa shape index (κ3) is 4.30. The van der Waals surface area contributed by atoms with Crippen molar-refractivity contribution in [2.45, 2.75) is 32.3 Å². The fraction of sp³-hybridized carbons (Fsp3) is 0.647. The van der Waals surface area contributed by atoms with Crippen LogP contribution in [0, 0.1) is 11.8 Å². The summed E-state index contributed by atoms with van der Waals surface area (Å²) in [5, 5.41) is 19.5. The van der Waals surface area contributed by atoms with Gasteiger partial charge in [-0.1, -0.05) is 37.3 Å². The number of hydrogen-bond acceptors (Lipinski definition) is 3. The van der Waals surface area contributed by atoms with Crippen molar-refractivity contribution in [1.29, 1.82) is 0 Å². The number of aliphatic hydroxyl groups is 2. The maximum Gasteiger partial charge on any atom is 0.0827 e. The first-order chi connectivity index (χ1) is 9.70. The van der Waals surface area contributed by atoms with E-state index in [9.17, 15) is 5.11 Å². The van der Waals surface area contributed by atoms with Crippen molar-refractivity contribution in [3.8, 4) is 0 Å². The number of benzene rings is 1. The van der Waals surface area contributed by atoms with Crippen LogP contribution in [-0.2, 0) is 0 Å². The first-order valence-corrected chi connectivity index (χ1v) is 7.77. The molecule has 0 saturated carbocycles. The van der Waals surface area contributed by atoms with Crippen molar-refractivity contribution in [1.82, 2.24) is 4.90 Å². The molecule has 1 fully saturated rings. The van der Waals surface area contributed by atoms with Gasteiger partial charge in [-0.25, -0.2) is 0 Å². The molecule has 0 aromatic heterocycles. The van der Waals surface area contributed by atoms with Crippen LogP contribution in [0.4, 0.5) is 0 Å². The maximum atomic E-state index is 10.4. The molecule has 1 aliphatic heterocycles. The fourth-order valence-electron chi connectivity index (χ4n) is 3.22. The van der Waals surface area contributed by atoms with Crippen LogP contribution in [0.5, 0.6) is 0 Å². The Morgan fingerprint density at radius 1 is 1.30 bits per heavy atom. The second-order valence-electron chi connectivity index (χ2n) is 6.11. The zero-order chi connectivity index (χ0) is 14.4. The summed E-state index contributed by atoms with van der Waals surface area (Å²) in [6.07, 6.45) is 2.95. The Morgan fingerprint density at radius 2 is 2.05 bits per heavy atom. The topological polar surface area (TPSA) is 43.7 Å². The van der Waals surface area contributed by atoms with Gasteiger partial charge in [0.2, 0.25) is 0 Å². The van der Waals surface area contributed by atoms with Gasteiger partial charge in [0, 0.05) is 19.7 Å². The molecule has 3 unspecified atom stereocenters. The smallest absolute Gasteiger partial charge is 0.0827 e. The summed E-state index contributed by atoms with van der Waals surface area (Å²) < 4.78 is 0. The lowest BCUT2D eigenvalue weighted by molar-refractivity contribution is 0.0681. The van der Waals surface area contributed by atoms with Crippen molar-refractivity contribution >= 4 is 0 Å². The van der Waals surface area contributed by atoms with Crippen LogP contribution in [0.3, 0.4) is 0 Å². The molecular formula is C17H27NO2. The maximum absolute atomic E-state index is 10.4. The van der Waals surface area contributed by atoms with Gasteiger partial charge in [-0.3, -0.25) is 0 Å². The van der Waals surface area contributed by atoms with E-state index in [4.69, 9.17) is 5.11 Å². The highest BCUT2D eigenvalue weighted by Gasteiger charge is 2.24. The number of nitrogens with zero attached hydrogens (tertiary/aromatic N) is 1. The summed E-state index contributed by atoms with van der Waals surface area (Å²) in [7, 11) is 0. The predicted octanol–water partition coefficient (Wildman–Crippen LogP) is 2.45. The molecule has 1 aromatic carbocycles. The SMILES string of the molecule is CC(CN1CCCC(CCO)C1)C(O)c1ccccc1. The fourth-order valence-corrected chi connectivity index (χ4v) is 3.22. The highest BCUT2D eigenvalue weighted by Crippen LogP contribution is 2.25. The van der Waals surface area contributed by atoms with Gasteiger partial charge in [0.1, 0.15) is 0 Å². The van der Waals surface area contributed by atoms with E-state index in [-0.39, 0.29) is 5.92 Å². The summed E-state index contributed by atoms with van der Waals surface area (Å²) in [4.78, 5) is 2.45. The monoisotopic (exact) mass is 277 g/mol. The first-order valence-electron chi connectivity index (χ1n) is 7.77. The van der Waals surface area contributed by atoms with Gasteiger partial charge >= 0.3 is 0 Å². The van der Waals surface area contributed by atoms with E-state index >= 15 is 0 Å². The Morgan fingerprint density at radius 3 is 2.75 bits per heavy atom. The molecule has 3 nitrogen and oxygen atoms in total. The zero-order valence-corrected chi connectivity index (χ0v) is 12.4. The molecule has 0 amide bonds. The molecule has 20 heavy (non-hydrogen) atoms. The summed E-state index contributed by atoms with van der Waals surface area (Å²) in [6, 6.07) is 9.91. The molecule has 3 heteroatoms. The highest BCUT2D eigenvalue weighted by molar-refractivity contribution is 5.17. The molecule has 0 bridgehead atoms. The molecule has 0 aliphatic carbocycles. The van der Waals surface area contributed by atoms with Gasteiger partial charge in [-0.2, -0.15) is 0 Å². The van der Waals surface area contributed by atoms with Crippen LogP contribution in [0.1, 0.15) is 37.9 Å². The molecule has 2 rings (SSSR count). The molecule has 2 N–H and O–H groups in total. The number of rotatable bonds is 6. The third-order valence-electron chi connectivity index (χ3n) is 4.37. The Kier molecular flexibility index (Phi) is 6.02. The van der Waals surface area contributed by atoms with Crippen molar-refractivity contribution in [3.05, 3.63) is 35.9 Å². The summed E-state index contributed by atoms with van der Waals surface area (Å²) in [6.45, 7) is 5.52. The molecule has 112 valence electrons. The average molecular weight is 277 g/mol. The first kappa shape index (κ1) is 15.5. The number of hydrogen-bond donors (Lipinski definition) is 2. The predicted molar refractivity (Wildman–Crippen MR) is 81.4 cm³/mol. The van der Waals surface area contributed by atoms with Gasteiger partial charge < -0.3 is 15.1 Å². The van der Waals surface area contributed by atoms with Crippen molar-refractivity contribution < 1.29 is 10.2 Å². The van der Waals surface area contributed by atoms with Crippen LogP contribution in [0.2, 0.25) is 0 Å². The van der Waals surface area contributed by atoms with Gasteiger partial charge in [-0.05, 0) is 43.2 Å². The van der Waals surface area contributed by atoms with Crippen LogP contribution < -0.4 is 0 Å². The quantitative estimate of drug-likeness (QED) is 0.839. The van der Waals surface area contributed by atoms with E-state index in [1.807, 2.05) is 30.3 Å². The Bertz CT molecular complexity index is 380. The van der Waals surface area contributed by atoms with Crippen LogP contribution in [-0.4, -0.2) is 41.4 Å². The zero-order valence-electron chi connectivity index (χ0n) is 12.4. The lowest BCUT2D eigenvalue weighted by atomic mass is 9.92. The number of aliphatic hydroxyl groups excluding tert-OH is 2. The van der Waals surface area contributed by atoms with Crippen LogP contribution in [0.25, 0.3) is 0 Å². The Labute approximate surface area is 122 Å². The summed E-state index contributed by atoms with van der Waals surface area (Å²) in [5.41, 5.74) is 1.00. The molecule has 0 spiro atoms. The highest BCUT2D eigenvalue weighted by atomic mass is 16.3. The van der Waals surface area contributed by atoms with E-state index < -0.39 is 6.10 Å². The van der Waals surface area contributed by atoms with Gasteiger partial charge in [0.25, 0.3) is 0 Å². The molecule has 1 aromatic rings. The lowest BCUT2D eigenvalue weighted by Gasteiger charge is -2.35. The van der Waals surface area contributed by atoms with E-state index in [2.05, 4.69) is 11.8 Å². The molecule has 1 aliphatic rings. The summed E-state index contributed by atoms with van der Waals surface area (Å²) >= 11 is 0. The third-order valence-corrected chi connectivity index (χ3v) is 4.37. The summed E-state index contributed by atoms with van der Waals surface area (Å²) in [5.74, 6) is 0.847. The normalized spacial score (nSPS) is 23.4. The van der Waals surface area contributed by atoms with E-state index in [0.717, 1.165) is 31.6 Å². The van der Waals surface area contributed by atoms with Gasteiger partial charge in [0.15, 0.2) is 0 Å². The minimum Gasteiger partial charge on any atom is -0.396 e. The average Bonchev–Trinajstić information content (AvgIpc) is 2.48. The van der Waals surface area contributed by atoms with E-state index in [1.165, 1.54) is 12.8 Å². The standard InChI is InChI=1S/C17H27NO2/c1-14(17(20)16-7-3-2-4-8-16)12-18-10-5-6-15(13-18)9-11-19/h2-4,7-8,14-15,17,19-20H,5-6,9-13H2,1H3. The van der Waals surface area contributed by atoms with Crippen LogP contribution >= 0.6 is 0 Å². The minimum absolute atomic E-state index is 0.227. The second kappa shape index (κ2) is 7.77. The molecule has 3 atom stereocenters.